The maximum Gasteiger partial charge on any atom is 0.338 e. The van der Waals surface area contributed by atoms with Crippen LogP contribution in [0.5, 0.6) is 0 Å². The van der Waals surface area contributed by atoms with Crippen LogP contribution in [0.3, 0.4) is 0 Å². The molecule has 1 fully saturated rings. The second-order valence-electron chi connectivity index (χ2n) is 9.35. The third-order valence-corrected chi connectivity index (χ3v) is 7.14. The highest BCUT2D eigenvalue weighted by Crippen LogP contribution is 2.32. The van der Waals surface area contributed by atoms with Crippen LogP contribution in [-0.2, 0) is 9.53 Å². The van der Waals surface area contributed by atoms with Crippen LogP contribution < -0.4 is 5.32 Å². The predicted octanol–water partition coefficient (Wildman–Crippen LogP) is 4.23. The Kier molecular flexibility index (Phi) is 8.69. The number of piperazine rings is 1. The van der Waals surface area contributed by atoms with Crippen LogP contribution >= 0.6 is 11.6 Å². The van der Waals surface area contributed by atoms with E-state index in [1.165, 1.54) is 12.1 Å². The van der Waals surface area contributed by atoms with Gasteiger partial charge in [-0.25, -0.2) is 14.0 Å². The fourth-order valence-electron chi connectivity index (χ4n) is 5.01. The van der Waals surface area contributed by atoms with Crippen molar-refractivity contribution < 1.29 is 23.5 Å². The van der Waals surface area contributed by atoms with Gasteiger partial charge in [0.25, 0.3) is 5.91 Å². The van der Waals surface area contributed by atoms with E-state index in [9.17, 15) is 18.8 Å². The third kappa shape index (κ3) is 5.84. The summed E-state index contributed by atoms with van der Waals surface area (Å²) < 4.78 is 19.0. The number of carbonyl (C=O) groups excluding carboxylic acids is 3. The van der Waals surface area contributed by atoms with E-state index in [0.29, 0.717) is 60.1 Å². The SMILES string of the molecule is CCOC(=O)C1=C(CN2CCN(C(=O)c3ccc(Cl)cc3)C(C)C2)N(CC)C(=O)NC1c1ccc(F)cc1. The predicted molar refractivity (Wildman–Crippen MR) is 142 cm³/mol. The van der Waals surface area contributed by atoms with Crippen molar-refractivity contribution in [3.8, 4) is 0 Å². The molecule has 2 aromatic carbocycles. The van der Waals surface area contributed by atoms with Crippen molar-refractivity contribution in [1.82, 2.24) is 20.0 Å². The second kappa shape index (κ2) is 12.0. The molecule has 202 valence electrons. The van der Waals surface area contributed by atoms with Crippen molar-refractivity contribution in [2.24, 2.45) is 0 Å². The Hall–Kier alpha value is -3.43. The van der Waals surface area contributed by atoms with Crippen molar-refractivity contribution in [2.75, 3.05) is 39.3 Å². The summed E-state index contributed by atoms with van der Waals surface area (Å²) in [5.41, 5.74) is 2.04. The van der Waals surface area contributed by atoms with E-state index in [2.05, 4.69) is 10.2 Å². The van der Waals surface area contributed by atoms with E-state index >= 15 is 0 Å². The fourth-order valence-corrected chi connectivity index (χ4v) is 5.14. The van der Waals surface area contributed by atoms with Crippen LogP contribution in [0.1, 0.15) is 42.7 Å². The number of halogens is 2. The van der Waals surface area contributed by atoms with Gasteiger partial charge in [-0.15, -0.1) is 0 Å². The summed E-state index contributed by atoms with van der Waals surface area (Å²) in [7, 11) is 0. The molecule has 2 aliphatic rings. The van der Waals surface area contributed by atoms with Gasteiger partial charge in [-0.05, 0) is 62.7 Å². The lowest BCUT2D eigenvalue weighted by molar-refractivity contribution is -0.139. The summed E-state index contributed by atoms with van der Waals surface area (Å²) in [6.45, 7) is 7.99. The monoisotopic (exact) mass is 542 g/mol. The van der Waals surface area contributed by atoms with E-state index in [1.807, 2.05) is 18.7 Å². The van der Waals surface area contributed by atoms with E-state index in [0.717, 1.165) is 0 Å². The summed E-state index contributed by atoms with van der Waals surface area (Å²) in [6.07, 6.45) is 0. The number of rotatable bonds is 7. The Balaban J connectivity index is 1.62. The molecule has 1 saturated heterocycles. The number of benzene rings is 2. The lowest BCUT2D eigenvalue weighted by Gasteiger charge is -2.43. The summed E-state index contributed by atoms with van der Waals surface area (Å²) in [5.74, 6) is -1.00. The van der Waals surface area contributed by atoms with Crippen LogP contribution in [0.15, 0.2) is 59.8 Å². The van der Waals surface area contributed by atoms with E-state index in [-0.39, 0.29) is 24.6 Å². The van der Waals surface area contributed by atoms with Gasteiger partial charge < -0.3 is 15.0 Å². The summed E-state index contributed by atoms with van der Waals surface area (Å²) >= 11 is 5.97. The van der Waals surface area contributed by atoms with Gasteiger partial charge in [0.2, 0.25) is 0 Å². The molecule has 10 heteroatoms. The highest BCUT2D eigenvalue weighted by Gasteiger charge is 2.39. The van der Waals surface area contributed by atoms with Gasteiger partial charge in [0.15, 0.2) is 0 Å². The standard InChI is InChI=1S/C28H32ClFN4O4/c1-4-33-23(17-32-14-15-34(18(3)16-32)26(35)20-6-10-21(29)11-7-20)24(27(36)38-5-2)25(31-28(33)37)19-8-12-22(30)13-9-19/h6-13,18,25H,4-5,14-17H2,1-3H3,(H,31,37). The molecular weight excluding hydrogens is 511 g/mol. The number of likely N-dealkylation sites (N-methyl/N-ethyl adjacent to an activating group) is 1. The van der Waals surface area contributed by atoms with Gasteiger partial charge in [-0.3, -0.25) is 14.6 Å². The van der Waals surface area contributed by atoms with Gasteiger partial charge in [0, 0.05) is 55.0 Å². The third-order valence-electron chi connectivity index (χ3n) is 6.89. The molecule has 0 aliphatic carbocycles. The minimum absolute atomic E-state index is 0.0659. The molecule has 0 bridgehead atoms. The number of ether oxygens (including phenoxy) is 1. The zero-order valence-corrected chi connectivity index (χ0v) is 22.5. The first-order valence-corrected chi connectivity index (χ1v) is 13.1. The van der Waals surface area contributed by atoms with Crippen molar-refractivity contribution in [3.63, 3.8) is 0 Å². The molecule has 2 aromatic rings. The molecule has 8 nitrogen and oxygen atoms in total. The van der Waals surface area contributed by atoms with Crippen LogP contribution in [0.2, 0.25) is 5.02 Å². The summed E-state index contributed by atoms with van der Waals surface area (Å²) in [6, 6.07) is 11.3. The van der Waals surface area contributed by atoms with Gasteiger partial charge in [-0.1, -0.05) is 23.7 Å². The maximum absolute atomic E-state index is 13.6. The zero-order chi connectivity index (χ0) is 27.4. The number of nitrogens with one attached hydrogen (secondary N) is 1. The van der Waals surface area contributed by atoms with Crippen molar-refractivity contribution in [2.45, 2.75) is 32.9 Å². The topological polar surface area (TPSA) is 82.2 Å². The Morgan fingerprint density at radius 3 is 2.37 bits per heavy atom. The second-order valence-corrected chi connectivity index (χ2v) is 9.79. The zero-order valence-electron chi connectivity index (χ0n) is 21.7. The molecule has 3 amide bonds. The maximum atomic E-state index is 13.6. The number of amides is 3. The lowest BCUT2D eigenvalue weighted by Crippen LogP contribution is -2.56. The molecule has 0 spiro atoms. The molecule has 0 saturated carbocycles. The number of hydrogen-bond acceptors (Lipinski definition) is 5. The Labute approximate surface area is 227 Å². The van der Waals surface area contributed by atoms with Gasteiger partial charge in [0.05, 0.1) is 18.2 Å². The highest BCUT2D eigenvalue weighted by molar-refractivity contribution is 6.30. The number of carbonyl (C=O) groups is 3. The van der Waals surface area contributed by atoms with Gasteiger partial charge >= 0.3 is 12.0 Å². The van der Waals surface area contributed by atoms with E-state index in [1.54, 1.807) is 48.2 Å². The summed E-state index contributed by atoms with van der Waals surface area (Å²) in [4.78, 5) is 45.0. The molecular formula is C28H32ClFN4O4. The molecule has 2 unspecified atom stereocenters. The fraction of sp³-hybridized carbons (Fsp3) is 0.393. The van der Waals surface area contributed by atoms with E-state index in [4.69, 9.17) is 16.3 Å². The molecule has 2 heterocycles. The normalized spacial score (nSPS) is 20.4. The quantitative estimate of drug-likeness (QED) is 0.530. The van der Waals surface area contributed by atoms with Crippen molar-refractivity contribution in [3.05, 3.63) is 81.8 Å². The largest absolute Gasteiger partial charge is 0.463 e. The molecule has 2 aliphatic heterocycles. The minimum atomic E-state index is -0.773. The van der Waals surface area contributed by atoms with Crippen LogP contribution in [0.4, 0.5) is 9.18 Å². The average Bonchev–Trinajstić information content (AvgIpc) is 2.89. The molecule has 38 heavy (non-hydrogen) atoms. The van der Waals surface area contributed by atoms with Crippen LogP contribution in [0, 0.1) is 5.82 Å². The first kappa shape index (κ1) is 27.6. The highest BCUT2D eigenvalue weighted by atomic mass is 35.5. The first-order valence-electron chi connectivity index (χ1n) is 12.8. The van der Waals surface area contributed by atoms with Crippen LogP contribution in [0.25, 0.3) is 0 Å². The Morgan fingerprint density at radius 2 is 1.76 bits per heavy atom. The van der Waals surface area contributed by atoms with Crippen LogP contribution in [-0.4, -0.2) is 78.0 Å². The summed E-state index contributed by atoms with van der Waals surface area (Å²) in [5, 5.41) is 3.46. The lowest BCUT2D eigenvalue weighted by atomic mass is 9.94. The molecule has 0 radical (unpaired) electrons. The smallest absolute Gasteiger partial charge is 0.338 e. The minimum Gasteiger partial charge on any atom is -0.463 e. The van der Waals surface area contributed by atoms with Gasteiger partial charge in [0.1, 0.15) is 5.82 Å². The van der Waals surface area contributed by atoms with Crippen molar-refractivity contribution >= 4 is 29.5 Å². The average molecular weight is 543 g/mol. The number of nitrogens with zero attached hydrogens (tertiary/aromatic N) is 3. The molecule has 4 rings (SSSR count). The number of hydrogen-bond donors (Lipinski definition) is 1. The van der Waals surface area contributed by atoms with Gasteiger partial charge in [-0.2, -0.15) is 0 Å². The Morgan fingerprint density at radius 1 is 1.08 bits per heavy atom. The Bertz CT molecular complexity index is 1220. The molecule has 2 atom stereocenters. The molecule has 0 aromatic heterocycles. The van der Waals surface area contributed by atoms with Crippen molar-refractivity contribution in [1.29, 1.82) is 0 Å². The first-order chi connectivity index (χ1) is 18.2. The molecule has 1 N–H and O–H groups in total. The van der Waals surface area contributed by atoms with E-state index < -0.39 is 17.8 Å². The number of esters is 1. The number of urea groups is 1.